The quantitative estimate of drug-likeness (QED) is 0.897. The van der Waals surface area contributed by atoms with E-state index in [1.54, 1.807) is 48.5 Å². The summed E-state index contributed by atoms with van der Waals surface area (Å²) < 4.78 is 19.7. The van der Waals surface area contributed by atoms with Crippen molar-refractivity contribution in [1.82, 2.24) is 0 Å². The van der Waals surface area contributed by atoms with Gasteiger partial charge in [-0.15, -0.1) is 0 Å². The summed E-state index contributed by atoms with van der Waals surface area (Å²) in [6.45, 7) is -0.265. The molecule has 98 valence electrons. The molecule has 1 unspecified atom stereocenters. The van der Waals surface area contributed by atoms with Crippen LogP contribution in [0, 0.1) is 0 Å². The standard InChI is InChI=1S/C15H14FNO2/c16-15(11-6-2-1-3-7-11)12-8-4-5-9-13(12)19-10-14(17)18/h1-9,15H,10H2,(H2,17,18). The van der Waals surface area contributed by atoms with Gasteiger partial charge in [0.25, 0.3) is 5.91 Å². The molecule has 0 fully saturated rings. The maximum absolute atomic E-state index is 14.5. The lowest BCUT2D eigenvalue weighted by molar-refractivity contribution is -0.119. The molecular weight excluding hydrogens is 245 g/mol. The van der Waals surface area contributed by atoms with Crippen molar-refractivity contribution in [3.63, 3.8) is 0 Å². The second kappa shape index (κ2) is 6.00. The highest BCUT2D eigenvalue weighted by molar-refractivity contribution is 5.75. The Morgan fingerprint density at radius 1 is 1.11 bits per heavy atom. The molecule has 3 nitrogen and oxygen atoms in total. The van der Waals surface area contributed by atoms with Crippen LogP contribution in [-0.2, 0) is 4.79 Å². The molecule has 0 saturated carbocycles. The Kier molecular flexibility index (Phi) is 4.13. The zero-order chi connectivity index (χ0) is 13.7. The van der Waals surface area contributed by atoms with Gasteiger partial charge < -0.3 is 10.5 Å². The van der Waals surface area contributed by atoms with Crippen LogP contribution >= 0.6 is 0 Å². The number of alkyl halides is 1. The predicted octanol–water partition coefficient (Wildman–Crippen LogP) is 2.61. The Hall–Kier alpha value is -2.36. The molecule has 0 saturated heterocycles. The number of primary amides is 1. The Labute approximate surface area is 110 Å². The van der Waals surface area contributed by atoms with E-state index in [0.717, 1.165) is 0 Å². The first-order valence-corrected chi connectivity index (χ1v) is 5.87. The second-order valence-corrected chi connectivity index (χ2v) is 4.07. The SMILES string of the molecule is NC(=O)COc1ccccc1C(F)c1ccccc1. The Morgan fingerprint density at radius 3 is 2.42 bits per heavy atom. The molecule has 0 heterocycles. The van der Waals surface area contributed by atoms with E-state index in [1.165, 1.54) is 0 Å². The average Bonchev–Trinajstić information content (AvgIpc) is 2.45. The molecule has 0 bridgehead atoms. The van der Waals surface area contributed by atoms with Crippen LogP contribution in [0.5, 0.6) is 5.75 Å². The van der Waals surface area contributed by atoms with Gasteiger partial charge >= 0.3 is 0 Å². The average molecular weight is 259 g/mol. The van der Waals surface area contributed by atoms with Crippen LogP contribution in [0.1, 0.15) is 17.3 Å². The number of ether oxygens (including phenoxy) is 1. The van der Waals surface area contributed by atoms with Gasteiger partial charge in [0, 0.05) is 5.56 Å². The smallest absolute Gasteiger partial charge is 0.255 e. The van der Waals surface area contributed by atoms with Gasteiger partial charge in [-0.25, -0.2) is 4.39 Å². The molecule has 0 aromatic heterocycles. The summed E-state index contributed by atoms with van der Waals surface area (Å²) >= 11 is 0. The van der Waals surface area contributed by atoms with Gasteiger partial charge in [0.2, 0.25) is 0 Å². The van der Waals surface area contributed by atoms with E-state index in [-0.39, 0.29) is 6.61 Å². The highest BCUT2D eigenvalue weighted by Gasteiger charge is 2.17. The lowest BCUT2D eigenvalue weighted by Gasteiger charge is -2.14. The minimum Gasteiger partial charge on any atom is -0.483 e. The normalized spacial score (nSPS) is 11.8. The third-order valence-corrected chi connectivity index (χ3v) is 2.65. The molecule has 0 aliphatic rings. The fourth-order valence-electron chi connectivity index (χ4n) is 1.77. The minimum atomic E-state index is -1.30. The highest BCUT2D eigenvalue weighted by Crippen LogP contribution is 2.32. The molecule has 0 aliphatic carbocycles. The number of hydrogen-bond donors (Lipinski definition) is 1. The number of rotatable bonds is 5. The van der Waals surface area contributed by atoms with Gasteiger partial charge in [0.1, 0.15) is 5.75 Å². The maximum atomic E-state index is 14.5. The molecular formula is C15H14FNO2. The van der Waals surface area contributed by atoms with Gasteiger partial charge in [-0.1, -0.05) is 48.5 Å². The van der Waals surface area contributed by atoms with Crippen molar-refractivity contribution in [2.75, 3.05) is 6.61 Å². The molecule has 0 aliphatic heterocycles. The molecule has 2 N–H and O–H groups in total. The Bertz CT molecular complexity index is 557. The van der Waals surface area contributed by atoms with Crippen molar-refractivity contribution in [2.24, 2.45) is 5.73 Å². The molecule has 0 radical (unpaired) electrons. The van der Waals surface area contributed by atoms with Gasteiger partial charge in [0.05, 0.1) is 0 Å². The Balaban J connectivity index is 2.26. The lowest BCUT2D eigenvalue weighted by atomic mass is 10.0. The van der Waals surface area contributed by atoms with Gasteiger partial charge in [-0.05, 0) is 11.6 Å². The van der Waals surface area contributed by atoms with Crippen molar-refractivity contribution >= 4 is 5.91 Å². The van der Waals surface area contributed by atoms with Crippen LogP contribution in [0.3, 0.4) is 0 Å². The van der Waals surface area contributed by atoms with Crippen molar-refractivity contribution in [2.45, 2.75) is 6.17 Å². The summed E-state index contributed by atoms with van der Waals surface area (Å²) in [5, 5.41) is 0. The number of halogens is 1. The van der Waals surface area contributed by atoms with E-state index in [1.807, 2.05) is 6.07 Å². The third-order valence-electron chi connectivity index (χ3n) is 2.65. The van der Waals surface area contributed by atoms with Gasteiger partial charge in [0.15, 0.2) is 12.8 Å². The number of benzene rings is 2. The largest absolute Gasteiger partial charge is 0.483 e. The van der Waals surface area contributed by atoms with E-state index < -0.39 is 12.1 Å². The molecule has 0 spiro atoms. The van der Waals surface area contributed by atoms with Crippen LogP contribution in [-0.4, -0.2) is 12.5 Å². The molecule has 19 heavy (non-hydrogen) atoms. The number of carbonyl (C=O) groups excluding carboxylic acids is 1. The van der Waals surface area contributed by atoms with Crippen molar-refractivity contribution in [3.8, 4) is 5.75 Å². The lowest BCUT2D eigenvalue weighted by Crippen LogP contribution is -2.20. The summed E-state index contributed by atoms with van der Waals surface area (Å²) in [4.78, 5) is 10.7. The van der Waals surface area contributed by atoms with E-state index in [2.05, 4.69) is 0 Å². The van der Waals surface area contributed by atoms with Crippen LogP contribution in [0.25, 0.3) is 0 Å². The number of nitrogens with two attached hydrogens (primary N) is 1. The highest BCUT2D eigenvalue weighted by atomic mass is 19.1. The minimum absolute atomic E-state index is 0.265. The number of hydrogen-bond acceptors (Lipinski definition) is 2. The van der Waals surface area contributed by atoms with E-state index in [4.69, 9.17) is 10.5 Å². The summed E-state index contributed by atoms with van der Waals surface area (Å²) in [5.41, 5.74) is 5.94. The maximum Gasteiger partial charge on any atom is 0.255 e. The Morgan fingerprint density at radius 2 is 1.74 bits per heavy atom. The first-order chi connectivity index (χ1) is 9.18. The number of para-hydroxylation sites is 1. The van der Waals surface area contributed by atoms with Crippen LogP contribution in [0.2, 0.25) is 0 Å². The van der Waals surface area contributed by atoms with E-state index >= 15 is 0 Å². The van der Waals surface area contributed by atoms with Gasteiger partial charge in [-0.2, -0.15) is 0 Å². The van der Waals surface area contributed by atoms with Crippen molar-refractivity contribution in [1.29, 1.82) is 0 Å². The second-order valence-electron chi connectivity index (χ2n) is 4.07. The predicted molar refractivity (Wildman–Crippen MR) is 70.5 cm³/mol. The summed E-state index contributed by atoms with van der Waals surface area (Å²) in [6, 6.07) is 15.5. The molecule has 2 aromatic carbocycles. The fourth-order valence-corrected chi connectivity index (χ4v) is 1.77. The molecule has 4 heteroatoms. The first-order valence-electron chi connectivity index (χ1n) is 5.87. The first kappa shape index (κ1) is 13.1. The molecule has 2 aromatic rings. The van der Waals surface area contributed by atoms with E-state index in [0.29, 0.717) is 16.9 Å². The van der Waals surface area contributed by atoms with Crippen LogP contribution < -0.4 is 10.5 Å². The molecule has 1 amide bonds. The van der Waals surface area contributed by atoms with Crippen LogP contribution in [0.4, 0.5) is 4.39 Å². The third kappa shape index (κ3) is 3.31. The monoisotopic (exact) mass is 259 g/mol. The zero-order valence-electron chi connectivity index (χ0n) is 10.3. The van der Waals surface area contributed by atoms with Crippen molar-refractivity contribution in [3.05, 3.63) is 65.7 Å². The number of amides is 1. The molecule has 1 atom stereocenters. The zero-order valence-corrected chi connectivity index (χ0v) is 10.3. The summed E-state index contributed by atoms with van der Waals surface area (Å²) in [7, 11) is 0. The fraction of sp³-hybridized carbons (Fsp3) is 0.133. The number of carbonyl (C=O) groups is 1. The van der Waals surface area contributed by atoms with Gasteiger partial charge in [-0.3, -0.25) is 4.79 Å². The molecule has 2 rings (SSSR count). The van der Waals surface area contributed by atoms with Crippen molar-refractivity contribution < 1.29 is 13.9 Å². The summed E-state index contributed by atoms with van der Waals surface area (Å²) in [6.07, 6.45) is -1.30. The summed E-state index contributed by atoms with van der Waals surface area (Å²) in [5.74, 6) is -0.262. The van der Waals surface area contributed by atoms with E-state index in [9.17, 15) is 9.18 Å². The topological polar surface area (TPSA) is 52.3 Å². The van der Waals surface area contributed by atoms with Crippen LogP contribution in [0.15, 0.2) is 54.6 Å².